The smallest absolute Gasteiger partial charge is 0.331 e. The van der Waals surface area contributed by atoms with E-state index < -0.39 is 0 Å². The summed E-state index contributed by atoms with van der Waals surface area (Å²) in [6, 6.07) is 5.46. The van der Waals surface area contributed by atoms with E-state index in [1.807, 2.05) is 34.7 Å². The van der Waals surface area contributed by atoms with Gasteiger partial charge in [0.25, 0.3) is 5.56 Å². The predicted molar refractivity (Wildman–Crippen MR) is 88.5 cm³/mol. The highest BCUT2D eigenvalue weighted by Crippen LogP contribution is 2.25. The molecule has 0 unspecified atom stereocenters. The number of methoxy groups -OCH3 is 1. The molecule has 0 bridgehead atoms. The zero-order valence-electron chi connectivity index (χ0n) is 10.9. The number of hydrogen-bond donors (Lipinski definition) is 0. The monoisotopic (exact) mass is 450 g/mol. The Bertz CT molecular complexity index is 733. The topological polar surface area (TPSA) is 53.2 Å². The Morgan fingerprint density at radius 1 is 1.35 bits per heavy atom. The van der Waals surface area contributed by atoms with Crippen molar-refractivity contribution in [1.82, 2.24) is 9.13 Å². The first kappa shape index (κ1) is 15.3. The largest absolute Gasteiger partial charge is 0.496 e. The number of halogens is 2. The molecule has 0 aliphatic rings. The molecule has 7 heteroatoms. The molecule has 0 radical (unpaired) electrons. The number of aromatic nitrogens is 2. The maximum Gasteiger partial charge on any atom is 0.331 e. The van der Waals surface area contributed by atoms with Crippen molar-refractivity contribution in [1.29, 1.82) is 0 Å². The zero-order chi connectivity index (χ0) is 14.9. The summed E-state index contributed by atoms with van der Waals surface area (Å²) in [5.74, 6) is 0.705. The van der Waals surface area contributed by atoms with Crippen molar-refractivity contribution < 1.29 is 4.74 Å². The van der Waals surface area contributed by atoms with Gasteiger partial charge in [0.15, 0.2) is 0 Å². The molecule has 0 amide bonds. The maximum atomic E-state index is 12.1. The number of aryl methyl sites for hydroxylation is 1. The Labute approximate surface area is 137 Å². The number of rotatable bonds is 3. The zero-order valence-corrected chi connectivity index (χ0v) is 14.6. The van der Waals surface area contributed by atoms with Crippen LogP contribution in [0.15, 0.2) is 38.5 Å². The second kappa shape index (κ2) is 6.13. The van der Waals surface area contributed by atoms with Gasteiger partial charge in [0.05, 0.1) is 21.7 Å². The molecule has 0 aliphatic carbocycles. The summed E-state index contributed by atoms with van der Waals surface area (Å²) in [4.78, 5) is 24.1. The molecular weight excluding hydrogens is 439 g/mol. The summed E-state index contributed by atoms with van der Waals surface area (Å²) >= 11 is 5.32. The van der Waals surface area contributed by atoms with Gasteiger partial charge in [-0.3, -0.25) is 9.36 Å². The van der Waals surface area contributed by atoms with E-state index in [0.29, 0.717) is 9.32 Å². The van der Waals surface area contributed by atoms with Crippen LogP contribution in [0.2, 0.25) is 0 Å². The van der Waals surface area contributed by atoms with Crippen LogP contribution in [0.3, 0.4) is 0 Å². The van der Waals surface area contributed by atoms with E-state index in [4.69, 9.17) is 4.74 Å². The van der Waals surface area contributed by atoms with Crippen molar-refractivity contribution in [3.63, 3.8) is 0 Å². The minimum atomic E-state index is -0.331. The van der Waals surface area contributed by atoms with Crippen LogP contribution < -0.4 is 16.0 Å². The number of nitrogens with zero attached hydrogens (tertiary/aromatic N) is 2. The molecule has 0 spiro atoms. The molecule has 1 aromatic carbocycles. The Morgan fingerprint density at radius 3 is 2.65 bits per heavy atom. The second-order valence-electron chi connectivity index (χ2n) is 4.23. The second-order valence-corrected chi connectivity index (χ2v) is 6.25. The van der Waals surface area contributed by atoms with Crippen LogP contribution in [0.25, 0.3) is 0 Å². The Kier molecular flexibility index (Phi) is 4.69. The van der Waals surface area contributed by atoms with Crippen molar-refractivity contribution in [3.8, 4) is 5.75 Å². The molecule has 1 heterocycles. The maximum absolute atomic E-state index is 12.1. The third kappa shape index (κ3) is 2.98. The fraction of sp³-hybridized carbons (Fsp3) is 0.231. The molecule has 0 N–H and O–H groups in total. The summed E-state index contributed by atoms with van der Waals surface area (Å²) in [5, 5.41) is 0. The highest BCUT2D eigenvalue weighted by molar-refractivity contribution is 14.1. The quantitative estimate of drug-likeness (QED) is 0.672. The van der Waals surface area contributed by atoms with Crippen molar-refractivity contribution in [2.45, 2.75) is 6.54 Å². The Balaban J connectivity index is 2.48. The lowest BCUT2D eigenvalue weighted by Gasteiger charge is -2.09. The summed E-state index contributed by atoms with van der Waals surface area (Å²) in [7, 11) is 3.21. The van der Waals surface area contributed by atoms with E-state index in [9.17, 15) is 9.59 Å². The molecule has 0 saturated heterocycles. The Hall–Kier alpha value is -1.09. The third-order valence-electron chi connectivity index (χ3n) is 2.85. The first-order valence-electron chi connectivity index (χ1n) is 5.72. The van der Waals surface area contributed by atoms with E-state index in [2.05, 4.69) is 15.9 Å². The first-order chi connectivity index (χ1) is 9.43. The number of ether oxygens (including phenoxy) is 1. The minimum absolute atomic E-state index is 0.227. The minimum Gasteiger partial charge on any atom is -0.496 e. The van der Waals surface area contributed by atoms with Crippen molar-refractivity contribution >= 4 is 38.5 Å². The van der Waals surface area contributed by atoms with E-state index in [0.717, 1.165) is 10.0 Å². The van der Waals surface area contributed by atoms with Gasteiger partial charge >= 0.3 is 5.69 Å². The van der Waals surface area contributed by atoms with Gasteiger partial charge in [-0.25, -0.2) is 4.79 Å². The summed E-state index contributed by atoms with van der Waals surface area (Å²) in [5.41, 5.74) is 0.238. The van der Waals surface area contributed by atoms with Crippen molar-refractivity contribution in [3.05, 3.63) is 58.8 Å². The van der Waals surface area contributed by atoms with Gasteiger partial charge in [0.2, 0.25) is 0 Å². The molecule has 20 heavy (non-hydrogen) atoms. The molecule has 0 atom stereocenters. The van der Waals surface area contributed by atoms with Gasteiger partial charge in [0, 0.05) is 13.2 Å². The average Bonchev–Trinajstić information content (AvgIpc) is 2.41. The van der Waals surface area contributed by atoms with Crippen LogP contribution >= 0.6 is 38.5 Å². The van der Waals surface area contributed by atoms with Crippen LogP contribution in [-0.4, -0.2) is 16.2 Å². The van der Waals surface area contributed by atoms with Gasteiger partial charge in [-0.1, -0.05) is 6.07 Å². The average molecular weight is 451 g/mol. The van der Waals surface area contributed by atoms with Crippen molar-refractivity contribution in [2.24, 2.45) is 7.05 Å². The Morgan fingerprint density at radius 2 is 2.05 bits per heavy atom. The molecular formula is C13H12BrIN2O3. The summed E-state index contributed by atoms with van der Waals surface area (Å²) in [6.45, 7) is 0.227. The third-order valence-corrected chi connectivity index (χ3v) is 4.21. The molecule has 2 aromatic rings. The van der Waals surface area contributed by atoms with E-state index in [-0.39, 0.29) is 17.8 Å². The lowest BCUT2D eigenvalue weighted by molar-refractivity contribution is 0.412. The van der Waals surface area contributed by atoms with Gasteiger partial charge < -0.3 is 9.30 Å². The molecule has 1 aromatic heterocycles. The van der Waals surface area contributed by atoms with Gasteiger partial charge in [-0.2, -0.15) is 0 Å². The molecule has 2 rings (SSSR count). The molecule has 0 saturated carbocycles. The molecule has 5 nitrogen and oxygen atoms in total. The predicted octanol–water partition coefficient (Wildman–Crippen LogP) is 1.97. The van der Waals surface area contributed by atoms with Crippen LogP contribution in [0, 0.1) is 3.57 Å². The van der Waals surface area contributed by atoms with Gasteiger partial charge in [0.1, 0.15) is 5.75 Å². The SMILES string of the molecule is COc1ccc(Cn2c(=O)c(I)cn(C)c2=O)cc1Br. The summed E-state index contributed by atoms with van der Waals surface area (Å²) < 4.78 is 9.07. The lowest BCUT2D eigenvalue weighted by Crippen LogP contribution is -2.40. The van der Waals surface area contributed by atoms with Crippen LogP contribution in [0.1, 0.15) is 5.56 Å². The number of hydrogen-bond acceptors (Lipinski definition) is 3. The lowest BCUT2D eigenvalue weighted by atomic mass is 10.2. The van der Waals surface area contributed by atoms with E-state index >= 15 is 0 Å². The van der Waals surface area contributed by atoms with Gasteiger partial charge in [-0.15, -0.1) is 0 Å². The molecule has 0 fully saturated rings. The van der Waals surface area contributed by atoms with Gasteiger partial charge in [-0.05, 0) is 56.2 Å². The summed E-state index contributed by atoms with van der Waals surface area (Å²) in [6.07, 6.45) is 1.53. The standard InChI is InChI=1S/C13H12BrIN2O3/c1-16-7-10(15)12(18)17(13(16)19)6-8-3-4-11(20-2)9(14)5-8/h3-5,7H,6H2,1-2H3. The normalized spacial score (nSPS) is 10.6. The molecule has 106 valence electrons. The first-order valence-corrected chi connectivity index (χ1v) is 7.59. The highest BCUT2D eigenvalue weighted by atomic mass is 127. The van der Waals surface area contributed by atoms with Crippen molar-refractivity contribution in [2.75, 3.05) is 7.11 Å². The fourth-order valence-electron chi connectivity index (χ4n) is 1.82. The van der Waals surface area contributed by atoms with E-state index in [1.165, 1.54) is 15.3 Å². The molecule has 0 aliphatic heterocycles. The van der Waals surface area contributed by atoms with Crippen LogP contribution in [0.4, 0.5) is 0 Å². The van der Waals surface area contributed by atoms with Crippen LogP contribution in [0.5, 0.6) is 5.75 Å². The van der Waals surface area contributed by atoms with E-state index in [1.54, 1.807) is 20.2 Å². The number of benzene rings is 1. The van der Waals surface area contributed by atoms with Crippen LogP contribution in [-0.2, 0) is 13.6 Å². The fourth-order valence-corrected chi connectivity index (χ4v) is 3.11. The highest BCUT2D eigenvalue weighted by Gasteiger charge is 2.09.